The number of amides is 1. The lowest BCUT2D eigenvalue weighted by Gasteiger charge is -2.10. The molecule has 0 spiro atoms. The van der Waals surface area contributed by atoms with E-state index >= 15 is 0 Å². The van der Waals surface area contributed by atoms with Gasteiger partial charge in [-0.05, 0) is 49.5 Å². The van der Waals surface area contributed by atoms with E-state index in [0.29, 0.717) is 23.4 Å². The van der Waals surface area contributed by atoms with Crippen LogP contribution in [0.3, 0.4) is 0 Å². The van der Waals surface area contributed by atoms with Crippen molar-refractivity contribution < 1.29 is 14.3 Å². The number of anilines is 1. The maximum absolute atomic E-state index is 12.0. The van der Waals surface area contributed by atoms with E-state index in [9.17, 15) is 9.59 Å². The molecule has 0 saturated heterocycles. The Balaban J connectivity index is 1.99. The number of pyridine rings is 1. The molecule has 23 heavy (non-hydrogen) atoms. The minimum absolute atomic E-state index is 0.132. The maximum atomic E-state index is 12.0. The number of nitrogens with zero attached hydrogens (tertiary/aromatic N) is 1. The van der Waals surface area contributed by atoms with Gasteiger partial charge in [-0.3, -0.25) is 15.1 Å². The van der Waals surface area contributed by atoms with Crippen LogP contribution in [0.1, 0.15) is 27.6 Å². The Morgan fingerprint density at radius 1 is 1.17 bits per heavy atom. The fraction of sp³-hybridized carbons (Fsp3) is 0.125. The van der Waals surface area contributed by atoms with Gasteiger partial charge in [-0.25, -0.2) is 4.79 Å². The predicted molar refractivity (Wildman–Crippen MR) is 90.3 cm³/mol. The van der Waals surface area contributed by atoms with Gasteiger partial charge in [0.2, 0.25) is 0 Å². The standard InChI is InChI=1S/C16H15N3O3S/c1-2-22-15(21)12-4-3-5-13(10-12)18-16(23)19-14(20)11-6-8-17-9-7-11/h3-10H,2H2,1H3,(H2,18,19,20,23). The molecule has 118 valence electrons. The Hall–Kier alpha value is -2.80. The summed E-state index contributed by atoms with van der Waals surface area (Å²) < 4.78 is 4.94. The lowest BCUT2D eigenvalue weighted by Crippen LogP contribution is -2.34. The second-order valence-corrected chi connectivity index (χ2v) is 4.85. The summed E-state index contributed by atoms with van der Waals surface area (Å²) >= 11 is 5.10. The first-order chi connectivity index (χ1) is 11.1. The molecule has 1 aromatic heterocycles. The van der Waals surface area contributed by atoms with Crippen molar-refractivity contribution in [2.24, 2.45) is 0 Å². The number of carbonyl (C=O) groups is 2. The van der Waals surface area contributed by atoms with Crippen molar-refractivity contribution in [2.45, 2.75) is 6.92 Å². The first kappa shape index (κ1) is 16.6. The van der Waals surface area contributed by atoms with Crippen molar-refractivity contribution in [3.63, 3.8) is 0 Å². The number of ether oxygens (including phenoxy) is 1. The number of rotatable bonds is 4. The van der Waals surface area contributed by atoms with Gasteiger partial charge in [0.15, 0.2) is 5.11 Å². The summed E-state index contributed by atoms with van der Waals surface area (Å²) in [4.78, 5) is 27.5. The van der Waals surface area contributed by atoms with Crippen LogP contribution in [0.4, 0.5) is 5.69 Å². The molecular weight excluding hydrogens is 314 g/mol. The Bertz CT molecular complexity index is 720. The van der Waals surface area contributed by atoms with E-state index in [1.54, 1.807) is 43.3 Å². The number of carbonyl (C=O) groups excluding carboxylic acids is 2. The van der Waals surface area contributed by atoms with Crippen LogP contribution in [0.2, 0.25) is 0 Å². The van der Waals surface area contributed by atoms with E-state index in [0.717, 1.165) is 0 Å². The molecule has 0 aliphatic rings. The number of esters is 1. The number of hydrogen-bond acceptors (Lipinski definition) is 5. The molecular formula is C16H15N3O3S. The van der Waals surface area contributed by atoms with Gasteiger partial charge in [-0.2, -0.15) is 0 Å². The summed E-state index contributed by atoms with van der Waals surface area (Å²) in [5.41, 5.74) is 1.43. The molecule has 1 aromatic carbocycles. The van der Waals surface area contributed by atoms with Crippen molar-refractivity contribution in [1.29, 1.82) is 0 Å². The Kier molecular flexibility index (Phi) is 5.76. The molecule has 0 radical (unpaired) electrons. The van der Waals surface area contributed by atoms with Gasteiger partial charge in [0.1, 0.15) is 0 Å². The second-order valence-electron chi connectivity index (χ2n) is 4.45. The van der Waals surface area contributed by atoms with Crippen LogP contribution in [-0.4, -0.2) is 28.6 Å². The highest BCUT2D eigenvalue weighted by atomic mass is 32.1. The fourth-order valence-corrected chi connectivity index (χ4v) is 1.99. The van der Waals surface area contributed by atoms with E-state index < -0.39 is 5.97 Å². The lowest BCUT2D eigenvalue weighted by atomic mass is 10.2. The van der Waals surface area contributed by atoms with E-state index in [1.807, 2.05) is 0 Å². The number of hydrogen-bond donors (Lipinski definition) is 2. The zero-order valence-corrected chi connectivity index (χ0v) is 13.2. The third kappa shape index (κ3) is 4.86. The second kappa shape index (κ2) is 8.00. The molecule has 6 nitrogen and oxygen atoms in total. The van der Waals surface area contributed by atoms with Crippen LogP contribution in [0.5, 0.6) is 0 Å². The summed E-state index contributed by atoms with van der Waals surface area (Å²) in [5, 5.41) is 5.54. The van der Waals surface area contributed by atoms with Crippen LogP contribution in [0.15, 0.2) is 48.8 Å². The van der Waals surface area contributed by atoms with Gasteiger partial charge in [0.05, 0.1) is 12.2 Å². The van der Waals surface area contributed by atoms with Gasteiger partial charge >= 0.3 is 5.97 Å². The average Bonchev–Trinajstić information content (AvgIpc) is 2.56. The number of thiocarbonyl (C=S) groups is 1. The normalized spacial score (nSPS) is 9.78. The van der Waals surface area contributed by atoms with Crippen molar-refractivity contribution in [2.75, 3.05) is 11.9 Å². The lowest BCUT2D eigenvalue weighted by molar-refractivity contribution is 0.0526. The van der Waals surface area contributed by atoms with E-state index in [1.165, 1.54) is 12.4 Å². The fourth-order valence-electron chi connectivity index (χ4n) is 1.78. The summed E-state index contributed by atoms with van der Waals surface area (Å²) in [6.07, 6.45) is 3.04. The highest BCUT2D eigenvalue weighted by Crippen LogP contribution is 2.11. The zero-order valence-electron chi connectivity index (χ0n) is 12.4. The topological polar surface area (TPSA) is 80.3 Å². The van der Waals surface area contributed by atoms with Crippen LogP contribution in [0, 0.1) is 0 Å². The molecule has 7 heteroatoms. The monoisotopic (exact) mass is 329 g/mol. The Morgan fingerprint density at radius 2 is 1.91 bits per heavy atom. The summed E-state index contributed by atoms with van der Waals surface area (Å²) in [5.74, 6) is -0.755. The van der Waals surface area contributed by atoms with Gasteiger partial charge in [-0.1, -0.05) is 6.07 Å². The Morgan fingerprint density at radius 3 is 2.61 bits per heavy atom. The number of aromatic nitrogens is 1. The minimum atomic E-state index is -0.414. The number of nitrogens with one attached hydrogen (secondary N) is 2. The first-order valence-corrected chi connectivity index (χ1v) is 7.30. The molecule has 0 fully saturated rings. The summed E-state index contributed by atoms with van der Waals surface area (Å²) in [6, 6.07) is 9.83. The quantitative estimate of drug-likeness (QED) is 0.662. The SMILES string of the molecule is CCOC(=O)c1cccc(NC(=S)NC(=O)c2ccncc2)c1. The van der Waals surface area contributed by atoms with Crippen LogP contribution in [-0.2, 0) is 4.74 Å². The average molecular weight is 329 g/mol. The molecule has 0 saturated carbocycles. The summed E-state index contributed by atoms with van der Waals surface area (Å²) in [7, 11) is 0. The van der Waals surface area contributed by atoms with Gasteiger partial charge in [-0.15, -0.1) is 0 Å². The molecule has 1 heterocycles. The molecule has 0 bridgehead atoms. The minimum Gasteiger partial charge on any atom is -0.462 e. The van der Waals surface area contributed by atoms with Crippen LogP contribution >= 0.6 is 12.2 Å². The van der Waals surface area contributed by atoms with Crippen LogP contribution < -0.4 is 10.6 Å². The van der Waals surface area contributed by atoms with Crippen molar-refractivity contribution >= 4 is 34.9 Å². The molecule has 2 N–H and O–H groups in total. The third-order valence-corrected chi connectivity index (χ3v) is 3.01. The smallest absolute Gasteiger partial charge is 0.338 e. The van der Waals surface area contributed by atoms with Gasteiger partial charge < -0.3 is 10.1 Å². The predicted octanol–water partition coefficient (Wildman–Crippen LogP) is 2.39. The van der Waals surface area contributed by atoms with E-state index in [2.05, 4.69) is 15.6 Å². The van der Waals surface area contributed by atoms with Crippen molar-refractivity contribution in [3.05, 3.63) is 59.9 Å². The first-order valence-electron chi connectivity index (χ1n) is 6.89. The highest BCUT2D eigenvalue weighted by molar-refractivity contribution is 7.80. The van der Waals surface area contributed by atoms with Gasteiger partial charge in [0.25, 0.3) is 5.91 Å². The third-order valence-electron chi connectivity index (χ3n) is 2.80. The highest BCUT2D eigenvalue weighted by Gasteiger charge is 2.09. The Labute approximate surface area is 138 Å². The summed E-state index contributed by atoms with van der Waals surface area (Å²) in [6.45, 7) is 2.04. The zero-order chi connectivity index (χ0) is 16.7. The maximum Gasteiger partial charge on any atom is 0.338 e. The van der Waals surface area contributed by atoms with E-state index in [4.69, 9.17) is 17.0 Å². The number of benzene rings is 1. The largest absolute Gasteiger partial charge is 0.462 e. The molecule has 0 atom stereocenters. The van der Waals surface area contributed by atoms with Crippen molar-refractivity contribution in [1.82, 2.24) is 10.3 Å². The molecule has 0 aliphatic heterocycles. The molecule has 0 aliphatic carbocycles. The molecule has 2 rings (SSSR count). The molecule has 1 amide bonds. The molecule has 0 unspecified atom stereocenters. The molecule has 2 aromatic rings. The van der Waals surface area contributed by atoms with E-state index in [-0.39, 0.29) is 11.0 Å². The van der Waals surface area contributed by atoms with Gasteiger partial charge in [0, 0.05) is 23.6 Å². The van der Waals surface area contributed by atoms with Crippen molar-refractivity contribution in [3.8, 4) is 0 Å². The van der Waals surface area contributed by atoms with Crippen LogP contribution in [0.25, 0.3) is 0 Å².